The molecule has 116 valence electrons. The average Bonchev–Trinajstić information content (AvgIpc) is 2.38. The maximum Gasteiger partial charge on any atom is 0.331 e. The van der Waals surface area contributed by atoms with Crippen molar-refractivity contribution in [3.05, 3.63) is 11.6 Å². The van der Waals surface area contributed by atoms with Crippen molar-refractivity contribution in [2.24, 2.45) is 5.92 Å². The third-order valence-corrected chi connectivity index (χ3v) is 4.62. The molecule has 0 spiro atoms. The lowest BCUT2D eigenvalue weighted by Gasteiger charge is -2.45. The van der Waals surface area contributed by atoms with E-state index in [9.17, 15) is 4.79 Å². The normalized spacial score (nSPS) is 27.9. The number of rotatable bonds is 7. The van der Waals surface area contributed by atoms with Gasteiger partial charge in [-0.3, -0.25) is 0 Å². The molecule has 0 radical (unpaired) electrons. The minimum absolute atomic E-state index is 0.223. The van der Waals surface area contributed by atoms with Crippen molar-refractivity contribution in [2.75, 3.05) is 27.2 Å². The lowest BCUT2D eigenvalue weighted by Crippen LogP contribution is -2.54. The van der Waals surface area contributed by atoms with Gasteiger partial charge < -0.3 is 15.3 Å². The summed E-state index contributed by atoms with van der Waals surface area (Å²) in [5.74, 6) is -0.0309. The van der Waals surface area contributed by atoms with Crippen molar-refractivity contribution >= 4 is 5.97 Å². The largest absolute Gasteiger partial charge is 0.478 e. The van der Waals surface area contributed by atoms with Crippen LogP contribution in [0.15, 0.2) is 11.6 Å². The number of carboxylic acid groups (broad SMARTS) is 1. The molecule has 1 saturated carbocycles. The Morgan fingerprint density at radius 3 is 2.70 bits per heavy atom. The quantitative estimate of drug-likeness (QED) is 0.556. The summed E-state index contributed by atoms with van der Waals surface area (Å²) >= 11 is 0. The summed E-state index contributed by atoms with van der Waals surface area (Å²) in [4.78, 5) is 13.3. The summed E-state index contributed by atoms with van der Waals surface area (Å²) < 4.78 is 0. The summed E-state index contributed by atoms with van der Waals surface area (Å²) in [6, 6.07) is 0. The van der Waals surface area contributed by atoms with Gasteiger partial charge >= 0.3 is 5.97 Å². The molecule has 0 aromatic heterocycles. The van der Waals surface area contributed by atoms with Gasteiger partial charge in [-0.25, -0.2) is 4.79 Å². The number of likely N-dealkylation sites (N-methyl/N-ethyl adjacent to an activating group) is 1. The van der Waals surface area contributed by atoms with Crippen molar-refractivity contribution in [1.29, 1.82) is 0 Å². The Labute approximate surface area is 123 Å². The van der Waals surface area contributed by atoms with Gasteiger partial charge in [-0.05, 0) is 39.3 Å². The fraction of sp³-hybridized carbons (Fsp3) is 0.812. The van der Waals surface area contributed by atoms with Gasteiger partial charge in [0.1, 0.15) is 0 Å². The average molecular weight is 282 g/mol. The molecule has 2 N–H and O–H groups in total. The van der Waals surface area contributed by atoms with Crippen LogP contribution in [0.4, 0.5) is 0 Å². The fourth-order valence-electron chi connectivity index (χ4n) is 3.24. The minimum atomic E-state index is -0.803. The van der Waals surface area contributed by atoms with Crippen molar-refractivity contribution in [3.63, 3.8) is 0 Å². The van der Waals surface area contributed by atoms with E-state index in [1.54, 1.807) is 6.08 Å². The molecule has 0 aromatic carbocycles. The molecular formula is C16H30N2O2. The van der Waals surface area contributed by atoms with Gasteiger partial charge in [0, 0.05) is 24.2 Å². The van der Waals surface area contributed by atoms with Crippen LogP contribution in [-0.2, 0) is 4.79 Å². The first kappa shape index (κ1) is 17.2. The van der Waals surface area contributed by atoms with Gasteiger partial charge in [0.2, 0.25) is 0 Å². The number of nitrogens with one attached hydrogen (secondary N) is 1. The van der Waals surface area contributed by atoms with Gasteiger partial charge in [-0.15, -0.1) is 0 Å². The topological polar surface area (TPSA) is 52.6 Å². The monoisotopic (exact) mass is 282 g/mol. The molecule has 1 fully saturated rings. The number of hydrogen-bond acceptors (Lipinski definition) is 3. The summed E-state index contributed by atoms with van der Waals surface area (Å²) in [7, 11) is 4.31. The Balaban J connectivity index is 2.54. The predicted molar refractivity (Wildman–Crippen MR) is 82.9 cm³/mol. The second-order valence-electron chi connectivity index (χ2n) is 6.34. The highest BCUT2D eigenvalue weighted by Crippen LogP contribution is 2.35. The maximum absolute atomic E-state index is 10.9. The lowest BCUT2D eigenvalue weighted by molar-refractivity contribution is -0.132. The second kappa shape index (κ2) is 7.79. The number of nitrogens with zero attached hydrogens (tertiary/aromatic N) is 1. The fourth-order valence-corrected chi connectivity index (χ4v) is 3.24. The number of hydrogen-bond donors (Lipinski definition) is 2. The summed E-state index contributed by atoms with van der Waals surface area (Å²) in [5.41, 5.74) is 0.717. The molecule has 0 heterocycles. The summed E-state index contributed by atoms with van der Waals surface area (Å²) in [6.07, 6.45) is 7.43. The zero-order chi connectivity index (χ0) is 15.2. The van der Waals surface area contributed by atoms with Gasteiger partial charge in [0.05, 0.1) is 0 Å². The van der Waals surface area contributed by atoms with Crippen LogP contribution in [0.5, 0.6) is 0 Å². The Hall–Kier alpha value is -0.870. The van der Waals surface area contributed by atoms with Crippen LogP contribution < -0.4 is 5.32 Å². The van der Waals surface area contributed by atoms with Gasteiger partial charge in [-0.1, -0.05) is 32.8 Å². The van der Waals surface area contributed by atoms with Crippen LogP contribution in [0, 0.1) is 5.92 Å². The van der Waals surface area contributed by atoms with E-state index in [0.29, 0.717) is 18.5 Å². The van der Waals surface area contributed by atoms with Crippen molar-refractivity contribution in [2.45, 2.75) is 51.5 Å². The molecule has 0 aromatic rings. The van der Waals surface area contributed by atoms with Crippen LogP contribution in [0.25, 0.3) is 0 Å². The zero-order valence-electron chi connectivity index (χ0n) is 13.4. The Bertz CT molecular complexity index is 352. The molecule has 1 aliphatic rings. The molecule has 1 aliphatic carbocycles. The molecule has 4 nitrogen and oxygen atoms in total. The predicted octanol–water partition coefficient (Wildman–Crippen LogP) is 2.51. The van der Waals surface area contributed by atoms with Crippen molar-refractivity contribution < 1.29 is 9.90 Å². The molecule has 1 rings (SSSR count). The maximum atomic E-state index is 10.9. The molecule has 2 unspecified atom stereocenters. The molecule has 0 aliphatic heterocycles. The van der Waals surface area contributed by atoms with Crippen LogP contribution in [-0.4, -0.2) is 48.7 Å². The molecular weight excluding hydrogens is 252 g/mol. The third-order valence-electron chi connectivity index (χ3n) is 4.62. The molecule has 0 bridgehead atoms. The Morgan fingerprint density at radius 1 is 1.50 bits per heavy atom. The minimum Gasteiger partial charge on any atom is -0.478 e. The van der Waals surface area contributed by atoms with E-state index in [2.05, 4.69) is 31.2 Å². The zero-order valence-corrected chi connectivity index (χ0v) is 13.4. The van der Waals surface area contributed by atoms with E-state index >= 15 is 0 Å². The van der Waals surface area contributed by atoms with E-state index in [1.165, 1.54) is 25.7 Å². The van der Waals surface area contributed by atoms with E-state index in [4.69, 9.17) is 5.11 Å². The first-order valence-electron chi connectivity index (χ1n) is 7.71. The third kappa shape index (κ3) is 4.60. The van der Waals surface area contributed by atoms with Crippen molar-refractivity contribution in [3.8, 4) is 0 Å². The summed E-state index contributed by atoms with van der Waals surface area (Å²) in [6.45, 7) is 5.78. The van der Waals surface area contributed by atoms with Gasteiger partial charge in [0.15, 0.2) is 0 Å². The molecule has 0 amide bonds. The van der Waals surface area contributed by atoms with E-state index in [0.717, 1.165) is 12.5 Å². The molecule has 20 heavy (non-hydrogen) atoms. The smallest absolute Gasteiger partial charge is 0.331 e. The van der Waals surface area contributed by atoms with Crippen LogP contribution >= 0.6 is 0 Å². The molecule has 2 atom stereocenters. The first-order valence-corrected chi connectivity index (χ1v) is 7.71. The van der Waals surface area contributed by atoms with E-state index in [1.807, 2.05) is 6.92 Å². The number of carbonyl (C=O) groups is 1. The Morgan fingerprint density at radius 2 is 2.20 bits per heavy atom. The lowest BCUT2D eigenvalue weighted by atomic mass is 9.75. The first-order chi connectivity index (χ1) is 9.41. The van der Waals surface area contributed by atoms with Gasteiger partial charge in [0.25, 0.3) is 0 Å². The number of aliphatic carboxylic acids is 1. The highest BCUT2D eigenvalue weighted by molar-refractivity contribution is 5.86. The van der Waals surface area contributed by atoms with Crippen LogP contribution in [0.1, 0.15) is 46.0 Å². The number of carboxylic acids is 1. The highest BCUT2D eigenvalue weighted by atomic mass is 16.4. The second-order valence-corrected chi connectivity index (χ2v) is 6.34. The van der Waals surface area contributed by atoms with Gasteiger partial charge in [-0.2, -0.15) is 0 Å². The van der Waals surface area contributed by atoms with E-state index in [-0.39, 0.29) is 5.54 Å². The van der Waals surface area contributed by atoms with Crippen LogP contribution in [0.2, 0.25) is 0 Å². The van der Waals surface area contributed by atoms with Crippen molar-refractivity contribution in [1.82, 2.24) is 10.2 Å². The summed E-state index contributed by atoms with van der Waals surface area (Å²) in [5, 5.41) is 12.4. The SMILES string of the molecule is CCC(=CCNCC1(N(C)C)CCCC(C)C1)C(=O)O. The molecule has 0 saturated heterocycles. The van der Waals surface area contributed by atoms with E-state index < -0.39 is 5.97 Å². The molecule has 4 heteroatoms. The standard InChI is InChI=1S/C16H30N2O2/c1-5-14(15(19)20)8-10-17-12-16(18(3)4)9-6-7-13(2)11-16/h8,13,17H,5-7,9-12H2,1-4H3,(H,19,20). The van der Waals surface area contributed by atoms with Crippen LogP contribution in [0.3, 0.4) is 0 Å². The highest BCUT2D eigenvalue weighted by Gasteiger charge is 2.36. The Kier molecular flexibility index (Phi) is 6.69.